The highest BCUT2D eigenvalue weighted by molar-refractivity contribution is 5.98. The van der Waals surface area contributed by atoms with Crippen LogP contribution >= 0.6 is 0 Å². The molecule has 0 bridgehead atoms. The first-order chi connectivity index (χ1) is 10.7. The molecule has 0 aliphatic carbocycles. The molecular formula is C15H15F5N2O. The highest BCUT2D eigenvalue weighted by atomic mass is 19.4. The molecule has 0 spiro atoms. The summed E-state index contributed by atoms with van der Waals surface area (Å²) in [5.74, 6) is -1.17. The van der Waals surface area contributed by atoms with E-state index in [1.54, 1.807) is 4.90 Å². The minimum atomic E-state index is -4.55. The third-order valence-corrected chi connectivity index (χ3v) is 4.34. The summed E-state index contributed by atoms with van der Waals surface area (Å²) in [6, 6.07) is 2.48. The molecule has 0 radical (unpaired) electrons. The van der Waals surface area contributed by atoms with Crippen molar-refractivity contribution < 1.29 is 26.7 Å². The van der Waals surface area contributed by atoms with Crippen molar-refractivity contribution in [3.05, 3.63) is 34.4 Å². The van der Waals surface area contributed by atoms with Crippen molar-refractivity contribution in [3.8, 4) is 0 Å². The predicted octanol–water partition coefficient (Wildman–Crippen LogP) is 2.99. The Bertz CT molecular complexity index is 637. The Hall–Kier alpha value is -1.70. The molecule has 1 aromatic rings. The van der Waals surface area contributed by atoms with Gasteiger partial charge in [0.05, 0.1) is 5.56 Å². The Morgan fingerprint density at radius 2 is 1.91 bits per heavy atom. The van der Waals surface area contributed by atoms with Gasteiger partial charge in [-0.15, -0.1) is 0 Å². The molecule has 1 fully saturated rings. The van der Waals surface area contributed by atoms with E-state index in [0.29, 0.717) is 5.56 Å². The number of benzene rings is 1. The lowest BCUT2D eigenvalue weighted by Crippen LogP contribution is -2.49. The molecule has 1 saturated heterocycles. The first kappa shape index (κ1) is 16.2. The van der Waals surface area contributed by atoms with Crippen molar-refractivity contribution in [2.45, 2.75) is 25.7 Å². The van der Waals surface area contributed by atoms with Gasteiger partial charge >= 0.3 is 6.18 Å². The van der Waals surface area contributed by atoms with E-state index in [9.17, 15) is 26.7 Å². The molecule has 0 saturated carbocycles. The molecule has 23 heavy (non-hydrogen) atoms. The van der Waals surface area contributed by atoms with Crippen LogP contribution in [0.25, 0.3) is 0 Å². The van der Waals surface area contributed by atoms with Crippen LogP contribution in [0.15, 0.2) is 12.1 Å². The van der Waals surface area contributed by atoms with Gasteiger partial charge in [-0.3, -0.25) is 9.69 Å². The van der Waals surface area contributed by atoms with Crippen LogP contribution in [0.2, 0.25) is 0 Å². The van der Waals surface area contributed by atoms with E-state index in [1.807, 2.05) is 0 Å². The molecule has 8 heteroatoms. The number of nitrogens with zero attached hydrogens (tertiary/aromatic N) is 2. The number of carbonyl (C=O) groups is 1. The fraction of sp³-hybridized carbons (Fsp3) is 0.533. The van der Waals surface area contributed by atoms with Gasteiger partial charge in [0.2, 0.25) is 6.43 Å². The molecule has 2 aliphatic rings. The molecular weight excluding hydrogens is 319 g/mol. The first-order valence-electron chi connectivity index (χ1n) is 7.15. The van der Waals surface area contributed by atoms with Crippen molar-refractivity contribution in [1.29, 1.82) is 0 Å². The second-order valence-corrected chi connectivity index (χ2v) is 6.12. The number of carbonyl (C=O) groups excluding carboxylic acids is 1. The highest BCUT2D eigenvalue weighted by Gasteiger charge is 2.40. The van der Waals surface area contributed by atoms with E-state index in [2.05, 4.69) is 0 Å². The number of rotatable bonds is 3. The standard InChI is InChI=1S/C15H15F5N2O/c1-21-7-11-10(14(21)23)2-8(3-12(11)15(18,19)20)4-22-5-9(6-22)13(16)17/h2-3,9,13H,4-7H2,1H3. The Balaban J connectivity index is 1.87. The van der Waals surface area contributed by atoms with E-state index >= 15 is 0 Å². The molecule has 0 unspecified atom stereocenters. The van der Waals surface area contributed by atoms with Crippen LogP contribution < -0.4 is 0 Å². The SMILES string of the molecule is CN1Cc2c(cc(CN3CC(C(F)F)C3)cc2C(F)(F)F)C1=O. The maximum absolute atomic E-state index is 13.2. The van der Waals surface area contributed by atoms with E-state index in [0.717, 1.165) is 6.07 Å². The largest absolute Gasteiger partial charge is 0.416 e. The number of hydrogen-bond donors (Lipinski definition) is 0. The van der Waals surface area contributed by atoms with Gasteiger partial charge in [0.1, 0.15) is 0 Å². The molecule has 2 aliphatic heterocycles. The monoisotopic (exact) mass is 334 g/mol. The topological polar surface area (TPSA) is 23.6 Å². The van der Waals surface area contributed by atoms with Crippen LogP contribution in [0.3, 0.4) is 0 Å². The third-order valence-electron chi connectivity index (χ3n) is 4.34. The van der Waals surface area contributed by atoms with E-state index in [-0.39, 0.29) is 37.3 Å². The molecule has 1 aromatic carbocycles. The normalized spacial score (nSPS) is 19.4. The van der Waals surface area contributed by atoms with Crippen molar-refractivity contribution in [2.75, 3.05) is 20.1 Å². The third kappa shape index (κ3) is 2.91. The zero-order chi connectivity index (χ0) is 16.9. The van der Waals surface area contributed by atoms with Crippen molar-refractivity contribution in [1.82, 2.24) is 9.80 Å². The van der Waals surface area contributed by atoms with Crippen LogP contribution in [0.4, 0.5) is 22.0 Å². The smallest absolute Gasteiger partial charge is 0.337 e. The number of hydrogen-bond acceptors (Lipinski definition) is 2. The van der Waals surface area contributed by atoms with Crippen molar-refractivity contribution in [2.24, 2.45) is 5.92 Å². The van der Waals surface area contributed by atoms with Crippen LogP contribution in [-0.2, 0) is 19.3 Å². The molecule has 0 atom stereocenters. The van der Waals surface area contributed by atoms with Gasteiger partial charge in [-0.2, -0.15) is 13.2 Å². The van der Waals surface area contributed by atoms with Gasteiger partial charge in [-0.05, 0) is 23.3 Å². The summed E-state index contributed by atoms with van der Waals surface area (Å²) in [7, 11) is 1.45. The van der Waals surface area contributed by atoms with E-state index in [4.69, 9.17) is 0 Å². The van der Waals surface area contributed by atoms with E-state index < -0.39 is 30.0 Å². The zero-order valence-corrected chi connectivity index (χ0v) is 12.3. The Labute approximate surface area is 129 Å². The van der Waals surface area contributed by atoms with Gasteiger partial charge in [0.15, 0.2) is 0 Å². The summed E-state index contributed by atoms with van der Waals surface area (Å²) in [5.41, 5.74) is -0.438. The van der Waals surface area contributed by atoms with Crippen molar-refractivity contribution in [3.63, 3.8) is 0 Å². The molecule has 0 N–H and O–H groups in total. The number of fused-ring (bicyclic) bond motifs is 1. The molecule has 126 valence electrons. The second kappa shape index (κ2) is 5.43. The lowest BCUT2D eigenvalue weighted by atomic mass is 9.96. The van der Waals surface area contributed by atoms with Crippen LogP contribution in [0, 0.1) is 5.92 Å². The first-order valence-corrected chi connectivity index (χ1v) is 7.15. The summed E-state index contributed by atoms with van der Waals surface area (Å²) >= 11 is 0. The predicted molar refractivity (Wildman–Crippen MR) is 72.0 cm³/mol. The van der Waals surface area contributed by atoms with Crippen molar-refractivity contribution >= 4 is 5.91 Å². The van der Waals surface area contributed by atoms with Crippen LogP contribution in [-0.4, -0.2) is 42.3 Å². The molecule has 1 amide bonds. The Morgan fingerprint density at radius 3 is 2.48 bits per heavy atom. The summed E-state index contributed by atoms with van der Waals surface area (Å²) < 4.78 is 64.6. The average molecular weight is 334 g/mol. The summed E-state index contributed by atoms with van der Waals surface area (Å²) in [4.78, 5) is 14.9. The second-order valence-electron chi connectivity index (χ2n) is 6.12. The minimum absolute atomic E-state index is 0.0113. The number of halogens is 5. The average Bonchev–Trinajstić information content (AvgIpc) is 2.67. The lowest BCUT2D eigenvalue weighted by Gasteiger charge is -2.38. The number of alkyl halides is 5. The highest BCUT2D eigenvalue weighted by Crippen LogP contribution is 2.38. The number of likely N-dealkylation sites (tertiary alicyclic amines) is 1. The molecule has 3 nitrogen and oxygen atoms in total. The molecule has 2 heterocycles. The minimum Gasteiger partial charge on any atom is -0.337 e. The summed E-state index contributed by atoms with van der Waals surface area (Å²) in [6.45, 7) is 0.380. The van der Waals surface area contributed by atoms with Gasteiger partial charge < -0.3 is 4.90 Å². The van der Waals surface area contributed by atoms with Gasteiger partial charge in [0, 0.05) is 44.7 Å². The summed E-state index contributed by atoms with van der Waals surface area (Å²) in [6.07, 6.45) is -6.96. The van der Waals surface area contributed by atoms with E-state index in [1.165, 1.54) is 18.0 Å². The lowest BCUT2D eigenvalue weighted by molar-refractivity contribution is -0.138. The fourth-order valence-electron chi connectivity index (χ4n) is 3.11. The van der Waals surface area contributed by atoms with Crippen LogP contribution in [0.5, 0.6) is 0 Å². The molecule has 3 rings (SSSR count). The van der Waals surface area contributed by atoms with Gasteiger partial charge in [-0.25, -0.2) is 8.78 Å². The van der Waals surface area contributed by atoms with Crippen LogP contribution in [0.1, 0.15) is 27.0 Å². The molecule has 0 aromatic heterocycles. The quantitative estimate of drug-likeness (QED) is 0.794. The Kier molecular flexibility index (Phi) is 3.82. The summed E-state index contributed by atoms with van der Waals surface area (Å²) in [5, 5.41) is 0. The van der Waals surface area contributed by atoms with Gasteiger partial charge in [-0.1, -0.05) is 0 Å². The zero-order valence-electron chi connectivity index (χ0n) is 12.3. The maximum Gasteiger partial charge on any atom is 0.416 e. The fourth-order valence-corrected chi connectivity index (χ4v) is 3.11. The Morgan fingerprint density at radius 1 is 1.26 bits per heavy atom. The number of amides is 1. The maximum atomic E-state index is 13.2. The van der Waals surface area contributed by atoms with Gasteiger partial charge in [0.25, 0.3) is 5.91 Å².